The highest BCUT2D eigenvalue weighted by Crippen LogP contribution is 2.39. The Morgan fingerprint density at radius 1 is 0.917 bits per heavy atom. The number of hydrogen-bond acceptors (Lipinski definition) is 5. The second-order valence-corrected chi connectivity index (χ2v) is 10.5. The third kappa shape index (κ3) is 5.39. The van der Waals surface area contributed by atoms with Crippen LogP contribution in [0.1, 0.15) is 30.4 Å². The van der Waals surface area contributed by atoms with Gasteiger partial charge in [-0.25, -0.2) is 13.2 Å². The molecule has 5 rings (SSSR count). The molecule has 1 saturated heterocycles. The maximum Gasteiger partial charge on any atom is 0.410 e. The number of carbonyl (C=O) groups is 1. The van der Waals surface area contributed by atoms with E-state index in [0.29, 0.717) is 25.4 Å². The highest BCUT2D eigenvalue weighted by molar-refractivity contribution is 7.92. The summed E-state index contributed by atoms with van der Waals surface area (Å²) < 4.78 is 39.6. The van der Waals surface area contributed by atoms with Crippen LogP contribution < -0.4 is 9.46 Å². The molecular formula is C28H28N2O5S. The summed E-state index contributed by atoms with van der Waals surface area (Å²) in [5.41, 5.74) is 4.81. The predicted molar refractivity (Wildman–Crippen MR) is 138 cm³/mol. The number of nitrogens with zero attached hydrogens (tertiary/aromatic N) is 1. The minimum Gasteiger partial charge on any atom is -0.493 e. The number of anilines is 1. The average molecular weight is 505 g/mol. The molecule has 186 valence electrons. The summed E-state index contributed by atoms with van der Waals surface area (Å²) in [4.78, 5) is 14.5. The molecule has 8 heteroatoms. The number of sulfonamides is 1. The number of likely N-dealkylation sites (tertiary alicyclic amines) is 1. The maximum atomic E-state index is 12.8. The van der Waals surface area contributed by atoms with E-state index in [1.54, 1.807) is 41.3 Å². The topological polar surface area (TPSA) is 84.9 Å². The number of benzene rings is 3. The number of hydrogen-bond donors (Lipinski definition) is 1. The van der Waals surface area contributed by atoms with Crippen molar-refractivity contribution in [2.24, 2.45) is 0 Å². The first-order valence-electron chi connectivity index (χ1n) is 12.0. The standard InChI is InChI=1S/C28H28N2O5S/c31-28(35-20-21-7-3-1-4-8-21)30-16-13-22(14-17-30)25-15-18-34-27-12-11-23(19-26(25)27)29-36(32,33)24-9-5-2-6-10-24/h1-12,19,29H,13-18,20H2. The lowest BCUT2D eigenvalue weighted by Crippen LogP contribution is -2.37. The molecule has 0 bridgehead atoms. The molecule has 3 aromatic carbocycles. The lowest BCUT2D eigenvalue weighted by Gasteiger charge is -2.31. The van der Waals surface area contributed by atoms with E-state index in [-0.39, 0.29) is 17.6 Å². The van der Waals surface area contributed by atoms with Gasteiger partial charge in [0.05, 0.1) is 11.5 Å². The Morgan fingerprint density at radius 2 is 1.61 bits per heavy atom. The number of amides is 1. The third-order valence-electron chi connectivity index (χ3n) is 6.48. The largest absolute Gasteiger partial charge is 0.493 e. The fourth-order valence-electron chi connectivity index (χ4n) is 4.61. The van der Waals surface area contributed by atoms with E-state index in [1.807, 2.05) is 42.5 Å². The number of fused-ring (bicyclic) bond motifs is 1. The Balaban J connectivity index is 1.28. The van der Waals surface area contributed by atoms with Crippen LogP contribution in [0, 0.1) is 0 Å². The molecule has 3 aromatic rings. The van der Waals surface area contributed by atoms with Crippen LogP contribution in [-0.2, 0) is 21.4 Å². The summed E-state index contributed by atoms with van der Waals surface area (Å²) >= 11 is 0. The molecule has 2 heterocycles. The molecule has 0 saturated carbocycles. The minimum atomic E-state index is -3.69. The Labute approximate surface area is 211 Å². The van der Waals surface area contributed by atoms with Crippen molar-refractivity contribution >= 4 is 27.4 Å². The van der Waals surface area contributed by atoms with Crippen molar-refractivity contribution in [3.63, 3.8) is 0 Å². The van der Waals surface area contributed by atoms with Crippen LogP contribution in [0.15, 0.2) is 89.3 Å². The van der Waals surface area contributed by atoms with Gasteiger partial charge >= 0.3 is 6.09 Å². The molecule has 0 atom stereocenters. The van der Waals surface area contributed by atoms with Gasteiger partial charge in [-0.05, 0) is 54.3 Å². The number of ether oxygens (including phenoxy) is 2. The molecule has 0 unspecified atom stereocenters. The monoisotopic (exact) mass is 504 g/mol. The second kappa shape index (κ2) is 10.5. The van der Waals surface area contributed by atoms with Crippen LogP contribution in [0.25, 0.3) is 5.57 Å². The lowest BCUT2D eigenvalue weighted by atomic mass is 9.89. The van der Waals surface area contributed by atoms with Crippen molar-refractivity contribution < 1.29 is 22.7 Å². The SMILES string of the molecule is O=C(OCc1ccccc1)N1CCC(=C2CCOc3ccc(NS(=O)(=O)c4ccccc4)cc32)CC1. The summed E-state index contributed by atoms with van der Waals surface area (Å²) in [7, 11) is -3.69. The fourth-order valence-corrected chi connectivity index (χ4v) is 5.68. The van der Waals surface area contributed by atoms with Crippen molar-refractivity contribution in [1.29, 1.82) is 0 Å². The van der Waals surface area contributed by atoms with Crippen LogP contribution in [0.4, 0.5) is 10.5 Å². The zero-order valence-corrected chi connectivity index (χ0v) is 20.7. The summed E-state index contributed by atoms with van der Waals surface area (Å²) in [6.07, 6.45) is 1.94. The van der Waals surface area contributed by atoms with Crippen LogP contribution in [0.5, 0.6) is 5.75 Å². The van der Waals surface area contributed by atoms with Crippen molar-refractivity contribution in [2.45, 2.75) is 30.8 Å². The van der Waals surface area contributed by atoms with Gasteiger partial charge in [-0.1, -0.05) is 54.1 Å². The summed E-state index contributed by atoms with van der Waals surface area (Å²) in [6.45, 7) is 2.01. The number of carbonyl (C=O) groups excluding carboxylic acids is 1. The van der Waals surface area contributed by atoms with E-state index in [2.05, 4.69) is 4.72 Å². The van der Waals surface area contributed by atoms with Crippen molar-refractivity contribution in [3.05, 3.63) is 95.6 Å². The summed E-state index contributed by atoms with van der Waals surface area (Å²) in [5, 5.41) is 0. The van der Waals surface area contributed by atoms with Crippen LogP contribution in [0.2, 0.25) is 0 Å². The summed E-state index contributed by atoms with van der Waals surface area (Å²) in [5.74, 6) is 0.746. The Morgan fingerprint density at radius 3 is 2.33 bits per heavy atom. The fraction of sp³-hybridized carbons (Fsp3) is 0.250. The van der Waals surface area contributed by atoms with E-state index >= 15 is 0 Å². The van der Waals surface area contributed by atoms with Crippen molar-refractivity contribution in [2.75, 3.05) is 24.4 Å². The van der Waals surface area contributed by atoms with E-state index in [0.717, 1.165) is 36.1 Å². The third-order valence-corrected chi connectivity index (χ3v) is 7.87. The molecule has 1 amide bonds. The zero-order chi connectivity index (χ0) is 25.0. The predicted octanol–water partition coefficient (Wildman–Crippen LogP) is 5.46. The Hall–Kier alpha value is -3.78. The maximum absolute atomic E-state index is 12.8. The first kappa shape index (κ1) is 23.9. The normalized spacial score (nSPS) is 15.6. The highest BCUT2D eigenvalue weighted by Gasteiger charge is 2.26. The van der Waals surface area contributed by atoms with Gasteiger partial charge in [-0.2, -0.15) is 0 Å². The molecule has 2 aliphatic heterocycles. The van der Waals surface area contributed by atoms with E-state index in [1.165, 1.54) is 11.1 Å². The summed E-state index contributed by atoms with van der Waals surface area (Å²) in [6, 6.07) is 23.3. The van der Waals surface area contributed by atoms with Crippen LogP contribution in [-0.4, -0.2) is 39.1 Å². The molecule has 1 N–H and O–H groups in total. The molecule has 2 aliphatic rings. The minimum absolute atomic E-state index is 0.212. The smallest absolute Gasteiger partial charge is 0.410 e. The van der Waals surface area contributed by atoms with Gasteiger partial charge in [0, 0.05) is 30.8 Å². The number of nitrogens with one attached hydrogen (secondary N) is 1. The quantitative estimate of drug-likeness (QED) is 0.499. The van der Waals surface area contributed by atoms with E-state index in [9.17, 15) is 13.2 Å². The Kier molecular flexibility index (Phi) is 6.95. The number of piperidine rings is 1. The molecule has 0 aliphatic carbocycles. The Bertz CT molecular complexity index is 1360. The van der Waals surface area contributed by atoms with Gasteiger partial charge in [0.2, 0.25) is 0 Å². The van der Waals surface area contributed by atoms with Gasteiger partial charge in [-0.3, -0.25) is 4.72 Å². The first-order valence-corrected chi connectivity index (χ1v) is 13.5. The molecule has 0 spiro atoms. The van der Waals surface area contributed by atoms with Gasteiger partial charge in [0.1, 0.15) is 12.4 Å². The van der Waals surface area contributed by atoms with Crippen LogP contribution >= 0.6 is 0 Å². The molecule has 0 radical (unpaired) electrons. The average Bonchev–Trinajstić information content (AvgIpc) is 2.92. The second-order valence-electron chi connectivity index (χ2n) is 8.84. The van der Waals surface area contributed by atoms with Gasteiger partial charge < -0.3 is 14.4 Å². The zero-order valence-electron chi connectivity index (χ0n) is 19.9. The van der Waals surface area contributed by atoms with Gasteiger partial charge in [-0.15, -0.1) is 0 Å². The van der Waals surface area contributed by atoms with Gasteiger partial charge in [0.15, 0.2) is 0 Å². The van der Waals surface area contributed by atoms with Crippen LogP contribution in [0.3, 0.4) is 0 Å². The molecule has 1 fully saturated rings. The number of rotatable bonds is 5. The van der Waals surface area contributed by atoms with E-state index in [4.69, 9.17) is 9.47 Å². The lowest BCUT2D eigenvalue weighted by molar-refractivity contribution is 0.0935. The van der Waals surface area contributed by atoms with Crippen molar-refractivity contribution in [3.8, 4) is 5.75 Å². The molecule has 7 nitrogen and oxygen atoms in total. The van der Waals surface area contributed by atoms with Gasteiger partial charge in [0.25, 0.3) is 10.0 Å². The first-order chi connectivity index (χ1) is 17.5. The molecule has 36 heavy (non-hydrogen) atoms. The highest BCUT2D eigenvalue weighted by atomic mass is 32.2. The molecular weight excluding hydrogens is 476 g/mol. The van der Waals surface area contributed by atoms with Crippen molar-refractivity contribution in [1.82, 2.24) is 4.90 Å². The molecule has 0 aromatic heterocycles. The van der Waals surface area contributed by atoms with E-state index < -0.39 is 10.0 Å².